The van der Waals surface area contributed by atoms with Crippen LogP contribution in [0.3, 0.4) is 0 Å². The third-order valence-electron chi connectivity index (χ3n) is 6.27. The first-order valence-corrected chi connectivity index (χ1v) is 10.7. The molecule has 0 saturated carbocycles. The molecule has 4 aromatic carbocycles. The Kier molecular flexibility index (Phi) is 5.14. The van der Waals surface area contributed by atoms with Crippen LogP contribution in [0.1, 0.15) is 41.4 Å². The first-order valence-electron chi connectivity index (χ1n) is 10.7. The van der Waals surface area contributed by atoms with Crippen molar-refractivity contribution >= 4 is 23.9 Å². The summed E-state index contributed by atoms with van der Waals surface area (Å²) in [7, 11) is 0. The molecular weight excluding hydrogens is 464 g/mol. The quantitative estimate of drug-likeness (QED) is 0.265. The van der Waals surface area contributed by atoms with E-state index in [2.05, 4.69) is 0 Å². The van der Waals surface area contributed by atoms with Gasteiger partial charge in [-0.15, -0.1) is 0 Å². The number of rotatable bonds is 4. The molecule has 0 radical (unpaired) electrons. The average Bonchev–Trinajstić information content (AvgIpc) is 2.85. The minimum atomic E-state index is -1.42. The van der Waals surface area contributed by atoms with E-state index in [1.807, 2.05) is 0 Å². The van der Waals surface area contributed by atoms with Crippen LogP contribution in [0.5, 0.6) is 0 Å². The predicted molar refractivity (Wildman–Crippen MR) is 130 cm³/mol. The van der Waals surface area contributed by atoms with E-state index in [9.17, 15) is 39.6 Å². The molecule has 1 aliphatic rings. The van der Waals surface area contributed by atoms with Crippen molar-refractivity contribution in [1.29, 1.82) is 0 Å². The summed E-state index contributed by atoms with van der Waals surface area (Å²) < 4.78 is 0. The lowest BCUT2D eigenvalue weighted by atomic mass is 9.75. The summed E-state index contributed by atoms with van der Waals surface area (Å²) in [5.74, 6) is -5.53. The Labute approximate surface area is 203 Å². The van der Waals surface area contributed by atoms with Crippen LogP contribution in [-0.4, -0.2) is 44.3 Å². The number of aromatic carboxylic acids is 4. The molecule has 0 aromatic heterocycles. The Balaban J connectivity index is 2.19. The molecule has 0 fully saturated rings. The Morgan fingerprint density at radius 3 is 0.889 bits per heavy atom. The molecule has 4 aromatic rings. The van der Waals surface area contributed by atoms with Crippen LogP contribution in [0.15, 0.2) is 72.8 Å². The molecule has 8 nitrogen and oxygen atoms in total. The summed E-state index contributed by atoms with van der Waals surface area (Å²) in [4.78, 5) is 49.5. The Hall–Kier alpha value is -5.24. The van der Waals surface area contributed by atoms with Crippen LogP contribution >= 0.6 is 0 Å². The molecule has 0 bridgehead atoms. The fourth-order valence-corrected chi connectivity index (χ4v) is 4.87. The van der Waals surface area contributed by atoms with Gasteiger partial charge in [0, 0.05) is 22.3 Å². The van der Waals surface area contributed by atoms with E-state index in [1.165, 1.54) is 0 Å². The van der Waals surface area contributed by atoms with Crippen LogP contribution in [0.2, 0.25) is 0 Å². The van der Waals surface area contributed by atoms with Crippen LogP contribution in [0.4, 0.5) is 0 Å². The second-order valence-electron chi connectivity index (χ2n) is 8.13. The second kappa shape index (κ2) is 8.21. The topological polar surface area (TPSA) is 149 Å². The standard InChI is InChI=1S/C28H16O8/c29-25(30)17-9-11-19(27(33)34)23-21(17)15-7-3-1-5-13(15)14-6-2-4-8-16(14)22-18(26(31)32)10-12-20(24(22)23)28(35)36/h1-12H,(H,29,30)(H,31,32)(H,33,34)(H,35,36). The van der Waals surface area contributed by atoms with Gasteiger partial charge in [0.1, 0.15) is 0 Å². The summed E-state index contributed by atoms with van der Waals surface area (Å²) in [5.41, 5.74) is 0.313. The van der Waals surface area contributed by atoms with E-state index in [4.69, 9.17) is 0 Å². The van der Waals surface area contributed by atoms with Gasteiger partial charge in [0.15, 0.2) is 0 Å². The van der Waals surface area contributed by atoms with Gasteiger partial charge in [0.05, 0.1) is 22.3 Å². The third-order valence-corrected chi connectivity index (χ3v) is 6.27. The molecule has 0 unspecified atom stereocenters. The molecule has 0 amide bonds. The first-order chi connectivity index (χ1) is 17.2. The molecule has 8 heteroatoms. The maximum atomic E-state index is 12.4. The second-order valence-corrected chi connectivity index (χ2v) is 8.13. The van der Waals surface area contributed by atoms with E-state index in [-0.39, 0.29) is 44.5 Å². The van der Waals surface area contributed by atoms with Gasteiger partial charge in [-0.3, -0.25) is 0 Å². The Morgan fingerprint density at radius 1 is 0.361 bits per heavy atom. The van der Waals surface area contributed by atoms with Gasteiger partial charge in [-0.1, -0.05) is 48.5 Å². The van der Waals surface area contributed by atoms with Crippen molar-refractivity contribution in [3.05, 3.63) is 95.1 Å². The normalized spacial score (nSPS) is 11.1. The van der Waals surface area contributed by atoms with Gasteiger partial charge in [-0.05, 0) is 46.5 Å². The van der Waals surface area contributed by atoms with Gasteiger partial charge < -0.3 is 20.4 Å². The SMILES string of the molecule is O=C(O)c1ccc(C(=O)O)c2c1-c1ccccc1-c1ccccc1-c1c(C(=O)O)ccc(C(=O)O)c1-2. The molecule has 36 heavy (non-hydrogen) atoms. The van der Waals surface area contributed by atoms with Crippen molar-refractivity contribution in [2.24, 2.45) is 0 Å². The molecule has 4 N–H and O–H groups in total. The molecule has 0 atom stereocenters. The van der Waals surface area contributed by atoms with Gasteiger partial charge in [0.25, 0.3) is 0 Å². The zero-order valence-corrected chi connectivity index (χ0v) is 18.4. The van der Waals surface area contributed by atoms with Crippen molar-refractivity contribution in [1.82, 2.24) is 0 Å². The van der Waals surface area contributed by atoms with Gasteiger partial charge in [0.2, 0.25) is 0 Å². The minimum Gasteiger partial charge on any atom is -0.478 e. The summed E-state index contributed by atoms with van der Waals surface area (Å²) in [5, 5.41) is 40.3. The first kappa shape index (κ1) is 22.5. The van der Waals surface area contributed by atoms with E-state index < -0.39 is 23.9 Å². The number of hydrogen-bond acceptors (Lipinski definition) is 4. The lowest BCUT2D eigenvalue weighted by Crippen LogP contribution is -2.14. The number of hydrogen-bond donors (Lipinski definition) is 4. The van der Waals surface area contributed by atoms with Gasteiger partial charge >= 0.3 is 23.9 Å². The Morgan fingerprint density at radius 2 is 0.611 bits per heavy atom. The van der Waals surface area contributed by atoms with E-state index >= 15 is 0 Å². The van der Waals surface area contributed by atoms with Crippen molar-refractivity contribution in [2.45, 2.75) is 0 Å². The van der Waals surface area contributed by atoms with Crippen LogP contribution in [-0.2, 0) is 0 Å². The highest BCUT2D eigenvalue weighted by Crippen LogP contribution is 2.51. The summed E-state index contributed by atoms with van der Waals surface area (Å²) in [6.07, 6.45) is 0. The van der Waals surface area contributed by atoms with E-state index in [1.54, 1.807) is 48.5 Å². The number of fused-ring (bicyclic) bond motifs is 8. The number of carbonyl (C=O) groups is 4. The largest absolute Gasteiger partial charge is 0.478 e. The maximum absolute atomic E-state index is 12.4. The summed E-state index contributed by atoms with van der Waals surface area (Å²) >= 11 is 0. The summed E-state index contributed by atoms with van der Waals surface area (Å²) in [6, 6.07) is 18.0. The maximum Gasteiger partial charge on any atom is 0.336 e. The van der Waals surface area contributed by atoms with Crippen molar-refractivity contribution in [2.75, 3.05) is 0 Å². The highest BCUT2D eigenvalue weighted by Gasteiger charge is 2.34. The smallest absolute Gasteiger partial charge is 0.336 e. The molecular formula is C28H16O8. The zero-order chi connectivity index (χ0) is 25.7. The molecule has 0 saturated heterocycles. The fraction of sp³-hybridized carbons (Fsp3) is 0. The number of benzene rings is 4. The third kappa shape index (κ3) is 3.24. The highest BCUT2D eigenvalue weighted by atomic mass is 16.4. The van der Waals surface area contributed by atoms with Crippen molar-refractivity contribution in [3.8, 4) is 44.5 Å². The van der Waals surface area contributed by atoms with Crippen LogP contribution < -0.4 is 0 Å². The lowest BCUT2D eigenvalue weighted by molar-refractivity contribution is 0.0680. The van der Waals surface area contributed by atoms with E-state index in [0.29, 0.717) is 22.3 Å². The Bertz CT molecular complexity index is 1520. The number of carboxylic acids is 4. The molecule has 0 spiro atoms. The van der Waals surface area contributed by atoms with Gasteiger partial charge in [-0.2, -0.15) is 0 Å². The minimum absolute atomic E-state index is 0.00112. The van der Waals surface area contributed by atoms with Gasteiger partial charge in [-0.25, -0.2) is 19.2 Å². The molecule has 0 aliphatic heterocycles. The monoisotopic (exact) mass is 480 g/mol. The van der Waals surface area contributed by atoms with Crippen LogP contribution in [0, 0.1) is 0 Å². The predicted octanol–water partition coefficient (Wildman–Crippen LogP) is 5.46. The van der Waals surface area contributed by atoms with Crippen molar-refractivity contribution in [3.63, 3.8) is 0 Å². The van der Waals surface area contributed by atoms with Crippen molar-refractivity contribution < 1.29 is 39.6 Å². The highest BCUT2D eigenvalue weighted by molar-refractivity contribution is 6.19. The number of carboxylic acid groups (broad SMARTS) is 4. The zero-order valence-electron chi connectivity index (χ0n) is 18.4. The fourth-order valence-electron chi connectivity index (χ4n) is 4.87. The average molecular weight is 480 g/mol. The molecule has 0 heterocycles. The van der Waals surface area contributed by atoms with Crippen LogP contribution in [0.25, 0.3) is 44.5 Å². The van der Waals surface area contributed by atoms with E-state index in [0.717, 1.165) is 24.3 Å². The molecule has 176 valence electrons. The summed E-state index contributed by atoms with van der Waals surface area (Å²) in [6.45, 7) is 0. The molecule has 1 aliphatic carbocycles. The molecule has 5 rings (SSSR count). The lowest BCUT2D eigenvalue weighted by Gasteiger charge is -2.27.